The van der Waals surface area contributed by atoms with Crippen LogP contribution in [0.2, 0.25) is 0 Å². The van der Waals surface area contributed by atoms with Crippen molar-refractivity contribution in [1.82, 2.24) is 19.6 Å². The molecule has 1 saturated carbocycles. The smallest absolute Gasteiger partial charge is 0.137 e. The maximum absolute atomic E-state index is 5.22. The Labute approximate surface area is 211 Å². The number of hydrogen-bond acceptors (Lipinski definition) is 4. The molecular weight excluding hydrogens is 430 g/mol. The van der Waals surface area contributed by atoms with Gasteiger partial charge in [-0.3, -0.25) is 4.90 Å². The molecule has 0 bridgehead atoms. The van der Waals surface area contributed by atoms with Crippen molar-refractivity contribution in [3.05, 3.63) is 77.5 Å². The second-order valence-electron chi connectivity index (χ2n) is 10.2. The van der Waals surface area contributed by atoms with Gasteiger partial charge in [0.05, 0.1) is 11.4 Å². The van der Waals surface area contributed by atoms with Gasteiger partial charge in [-0.25, -0.2) is 4.68 Å². The van der Waals surface area contributed by atoms with Gasteiger partial charge in [-0.15, -0.1) is 0 Å². The minimum absolute atomic E-state index is 0.516. The fourth-order valence-electron chi connectivity index (χ4n) is 5.51. The van der Waals surface area contributed by atoms with Gasteiger partial charge in [-0.2, -0.15) is 5.10 Å². The van der Waals surface area contributed by atoms with E-state index in [1.165, 1.54) is 35.5 Å². The highest BCUT2D eigenvalue weighted by atomic mass is 15.4. The first kappa shape index (κ1) is 24.1. The van der Waals surface area contributed by atoms with Crippen LogP contribution >= 0.6 is 0 Å². The molecular formula is C30H41N5. The molecule has 0 N–H and O–H groups in total. The summed E-state index contributed by atoms with van der Waals surface area (Å²) in [6.45, 7) is 14.5. The normalized spacial score (nSPS) is 17.8. The van der Waals surface area contributed by atoms with Crippen LogP contribution in [0.25, 0.3) is 5.69 Å². The molecule has 2 aliphatic rings. The van der Waals surface area contributed by atoms with Crippen molar-refractivity contribution in [1.29, 1.82) is 0 Å². The maximum atomic E-state index is 5.22. The largest absolute Gasteiger partial charge is 0.354 e. The van der Waals surface area contributed by atoms with Crippen LogP contribution in [0.1, 0.15) is 56.4 Å². The Bertz CT molecular complexity index is 1060. The molecule has 1 saturated heterocycles. The molecule has 0 unspecified atom stereocenters. The highest BCUT2D eigenvalue weighted by Crippen LogP contribution is 2.35. The number of nitrogens with zero attached hydrogens (tertiary/aromatic N) is 5. The number of para-hydroxylation sites is 1. The van der Waals surface area contributed by atoms with Crippen LogP contribution in [0.15, 0.2) is 60.7 Å². The first-order valence-electron chi connectivity index (χ1n) is 13.6. The van der Waals surface area contributed by atoms with E-state index in [9.17, 15) is 0 Å². The number of rotatable bonds is 10. The van der Waals surface area contributed by atoms with Crippen molar-refractivity contribution in [3.63, 3.8) is 0 Å². The molecule has 5 heteroatoms. The lowest BCUT2D eigenvalue weighted by Crippen LogP contribution is -2.47. The Hall–Kier alpha value is -2.63. The average Bonchev–Trinajstić information content (AvgIpc) is 3.70. The molecule has 186 valence electrons. The van der Waals surface area contributed by atoms with Gasteiger partial charge in [0.2, 0.25) is 0 Å². The van der Waals surface area contributed by atoms with Crippen LogP contribution in [0.4, 0.5) is 5.82 Å². The zero-order valence-electron chi connectivity index (χ0n) is 21.7. The highest BCUT2D eigenvalue weighted by Gasteiger charge is 2.33. The van der Waals surface area contributed by atoms with Crippen molar-refractivity contribution in [3.8, 4) is 5.69 Å². The molecule has 1 atom stereocenters. The second-order valence-corrected chi connectivity index (χ2v) is 10.2. The molecule has 0 radical (unpaired) electrons. The summed E-state index contributed by atoms with van der Waals surface area (Å²) in [7, 11) is 0. The second kappa shape index (κ2) is 11.0. The number of aryl methyl sites for hydroxylation is 1. The number of piperazine rings is 1. The zero-order valence-corrected chi connectivity index (χ0v) is 21.7. The third kappa shape index (κ3) is 5.46. The van der Waals surface area contributed by atoms with E-state index in [2.05, 4.69) is 101 Å². The van der Waals surface area contributed by atoms with Gasteiger partial charge in [0.1, 0.15) is 5.82 Å². The number of aromatic nitrogens is 2. The van der Waals surface area contributed by atoms with Gasteiger partial charge in [0.15, 0.2) is 0 Å². The summed E-state index contributed by atoms with van der Waals surface area (Å²) in [5, 5.41) is 5.22. The topological polar surface area (TPSA) is 27.5 Å². The Kier molecular flexibility index (Phi) is 7.54. The predicted octanol–water partition coefficient (Wildman–Crippen LogP) is 5.34. The van der Waals surface area contributed by atoms with Crippen molar-refractivity contribution < 1.29 is 0 Å². The van der Waals surface area contributed by atoms with Gasteiger partial charge >= 0.3 is 0 Å². The van der Waals surface area contributed by atoms with Crippen LogP contribution in [-0.4, -0.2) is 64.9 Å². The van der Waals surface area contributed by atoms with Gasteiger partial charge in [0, 0.05) is 50.9 Å². The van der Waals surface area contributed by atoms with Crippen LogP contribution in [0.3, 0.4) is 0 Å². The number of benzene rings is 2. The first-order valence-corrected chi connectivity index (χ1v) is 13.6. The van der Waals surface area contributed by atoms with Crippen molar-refractivity contribution >= 4 is 5.82 Å². The quantitative estimate of drug-likeness (QED) is 0.399. The van der Waals surface area contributed by atoms with Gasteiger partial charge in [0.25, 0.3) is 0 Å². The SMILES string of the molecule is CCc1nn(-c2ccccc2)c(N2CCN(CC)CC2)c1CN(C[C@@H](C)c1ccccc1)C1CC1. The Balaban J connectivity index is 1.48. The molecule has 1 aliphatic heterocycles. The molecule has 2 heterocycles. The Morgan fingerprint density at radius 2 is 1.57 bits per heavy atom. The molecule has 1 aromatic heterocycles. The van der Waals surface area contributed by atoms with Crippen LogP contribution < -0.4 is 4.90 Å². The van der Waals surface area contributed by atoms with Crippen LogP contribution in [-0.2, 0) is 13.0 Å². The maximum Gasteiger partial charge on any atom is 0.137 e. The lowest BCUT2D eigenvalue weighted by Gasteiger charge is -2.36. The summed E-state index contributed by atoms with van der Waals surface area (Å²) in [6.07, 6.45) is 3.60. The highest BCUT2D eigenvalue weighted by molar-refractivity contribution is 5.56. The van der Waals surface area contributed by atoms with Gasteiger partial charge in [-0.05, 0) is 49.4 Å². The third-order valence-corrected chi connectivity index (χ3v) is 7.80. The van der Waals surface area contributed by atoms with E-state index in [0.717, 1.165) is 57.9 Å². The molecule has 2 aromatic carbocycles. The average molecular weight is 472 g/mol. The summed E-state index contributed by atoms with van der Waals surface area (Å²) >= 11 is 0. The van der Waals surface area contributed by atoms with E-state index in [-0.39, 0.29) is 0 Å². The summed E-state index contributed by atoms with van der Waals surface area (Å²) in [6, 6.07) is 22.4. The molecule has 0 spiro atoms. The summed E-state index contributed by atoms with van der Waals surface area (Å²) in [5.41, 5.74) is 5.29. The monoisotopic (exact) mass is 471 g/mol. The third-order valence-electron chi connectivity index (χ3n) is 7.80. The first-order chi connectivity index (χ1) is 17.2. The summed E-state index contributed by atoms with van der Waals surface area (Å²) in [4.78, 5) is 7.90. The summed E-state index contributed by atoms with van der Waals surface area (Å²) < 4.78 is 2.24. The van der Waals surface area contributed by atoms with E-state index in [1.807, 2.05) is 0 Å². The summed E-state index contributed by atoms with van der Waals surface area (Å²) in [5.74, 6) is 1.84. The zero-order chi connectivity index (χ0) is 24.2. The van der Waals surface area contributed by atoms with E-state index in [1.54, 1.807) is 0 Å². The molecule has 2 fully saturated rings. The van der Waals surface area contributed by atoms with Crippen molar-refractivity contribution in [2.24, 2.45) is 0 Å². The van der Waals surface area contributed by atoms with E-state index in [4.69, 9.17) is 5.10 Å². The lowest BCUT2D eigenvalue weighted by molar-refractivity contribution is 0.240. The minimum Gasteiger partial charge on any atom is -0.354 e. The van der Waals surface area contributed by atoms with Crippen molar-refractivity contribution in [2.45, 2.75) is 58.5 Å². The van der Waals surface area contributed by atoms with Crippen LogP contribution in [0.5, 0.6) is 0 Å². The van der Waals surface area contributed by atoms with Crippen molar-refractivity contribution in [2.75, 3.05) is 44.2 Å². The van der Waals surface area contributed by atoms with Gasteiger partial charge < -0.3 is 9.80 Å². The number of likely N-dealkylation sites (N-methyl/N-ethyl adjacent to an activating group) is 1. The van der Waals surface area contributed by atoms with E-state index in [0.29, 0.717) is 12.0 Å². The fourth-order valence-corrected chi connectivity index (χ4v) is 5.51. The fraction of sp³-hybridized carbons (Fsp3) is 0.500. The molecule has 5 nitrogen and oxygen atoms in total. The predicted molar refractivity (Wildman–Crippen MR) is 146 cm³/mol. The van der Waals surface area contributed by atoms with E-state index >= 15 is 0 Å². The molecule has 1 aliphatic carbocycles. The lowest BCUT2D eigenvalue weighted by atomic mass is 10.00. The molecule has 35 heavy (non-hydrogen) atoms. The number of anilines is 1. The Morgan fingerprint density at radius 3 is 2.17 bits per heavy atom. The molecule has 5 rings (SSSR count). The van der Waals surface area contributed by atoms with E-state index < -0.39 is 0 Å². The van der Waals surface area contributed by atoms with Gasteiger partial charge in [-0.1, -0.05) is 69.3 Å². The molecule has 3 aromatic rings. The minimum atomic E-state index is 0.516. The number of hydrogen-bond donors (Lipinski definition) is 0. The Morgan fingerprint density at radius 1 is 0.914 bits per heavy atom. The standard InChI is InChI=1S/C30H41N5/c1-4-29-28(23-34(26-16-17-26)22-24(3)25-12-8-6-9-13-25)30(33-20-18-32(5-2)19-21-33)35(31-29)27-14-10-7-11-15-27/h6-15,24,26H,4-5,16-23H2,1-3H3/t24-/m1/s1. The molecule has 0 amide bonds. The van der Waals surface area contributed by atoms with Crippen LogP contribution in [0, 0.1) is 0 Å².